The van der Waals surface area contributed by atoms with Crippen molar-refractivity contribution in [3.63, 3.8) is 0 Å². The van der Waals surface area contributed by atoms with Crippen molar-refractivity contribution in [2.75, 3.05) is 13.7 Å². The SMILES string of the molecule is CCCC(OC)c1nc2c(s1)CCC2C(=O)OCC. The van der Waals surface area contributed by atoms with Crippen LogP contribution in [0.5, 0.6) is 0 Å². The number of nitrogens with zero attached hydrogens (tertiary/aromatic N) is 1. The van der Waals surface area contributed by atoms with Crippen LogP contribution in [0.15, 0.2) is 0 Å². The molecule has 0 saturated carbocycles. The average molecular weight is 283 g/mol. The largest absolute Gasteiger partial charge is 0.465 e. The van der Waals surface area contributed by atoms with Crippen LogP contribution >= 0.6 is 11.3 Å². The molecule has 0 bridgehead atoms. The van der Waals surface area contributed by atoms with Crippen LogP contribution in [-0.4, -0.2) is 24.7 Å². The summed E-state index contributed by atoms with van der Waals surface area (Å²) in [6.45, 7) is 4.40. The monoisotopic (exact) mass is 283 g/mol. The molecule has 4 nitrogen and oxygen atoms in total. The van der Waals surface area contributed by atoms with Crippen molar-refractivity contribution in [3.05, 3.63) is 15.6 Å². The molecular weight excluding hydrogens is 262 g/mol. The lowest BCUT2D eigenvalue weighted by Crippen LogP contribution is -2.14. The van der Waals surface area contributed by atoms with E-state index in [1.165, 1.54) is 4.88 Å². The number of thiazole rings is 1. The highest BCUT2D eigenvalue weighted by molar-refractivity contribution is 7.11. The molecule has 1 aromatic rings. The van der Waals surface area contributed by atoms with E-state index in [1.807, 2.05) is 6.92 Å². The Bertz CT molecular complexity index is 444. The van der Waals surface area contributed by atoms with Crippen LogP contribution in [0.2, 0.25) is 0 Å². The third-order valence-corrected chi connectivity index (χ3v) is 4.64. The van der Waals surface area contributed by atoms with Crippen LogP contribution < -0.4 is 0 Å². The third kappa shape index (κ3) is 2.98. The Morgan fingerprint density at radius 3 is 2.95 bits per heavy atom. The first-order chi connectivity index (χ1) is 9.21. The van der Waals surface area contributed by atoms with Gasteiger partial charge in [0.15, 0.2) is 0 Å². The molecule has 1 heterocycles. The molecule has 1 aliphatic rings. The number of ether oxygens (including phenoxy) is 2. The molecule has 2 atom stereocenters. The Labute approximate surface area is 118 Å². The van der Waals surface area contributed by atoms with E-state index in [2.05, 4.69) is 11.9 Å². The van der Waals surface area contributed by atoms with Gasteiger partial charge in [-0.25, -0.2) is 4.98 Å². The second kappa shape index (κ2) is 6.48. The van der Waals surface area contributed by atoms with Crippen LogP contribution in [0.1, 0.15) is 60.7 Å². The number of aryl methyl sites for hydroxylation is 1. The molecule has 19 heavy (non-hydrogen) atoms. The number of aromatic nitrogens is 1. The molecule has 0 aromatic carbocycles. The quantitative estimate of drug-likeness (QED) is 0.752. The van der Waals surface area contributed by atoms with Crippen LogP contribution in [0.3, 0.4) is 0 Å². The van der Waals surface area contributed by atoms with E-state index in [0.717, 1.165) is 36.4 Å². The van der Waals surface area contributed by atoms with Crippen molar-refractivity contribution in [2.24, 2.45) is 0 Å². The van der Waals surface area contributed by atoms with E-state index in [-0.39, 0.29) is 18.0 Å². The molecule has 0 aliphatic heterocycles. The summed E-state index contributed by atoms with van der Waals surface area (Å²) in [7, 11) is 1.72. The van der Waals surface area contributed by atoms with Crippen LogP contribution in [-0.2, 0) is 20.7 Å². The molecule has 0 spiro atoms. The molecule has 1 aliphatic carbocycles. The standard InChI is InChI=1S/C14H21NO3S/c1-4-6-10(17-3)13-15-12-9(14(16)18-5-2)7-8-11(12)19-13/h9-10H,4-8H2,1-3H3. The minimum absolute atomic E-state index is 0.0587. The summed E-state index contributed by atoms with van der Waals surface area (Å²) in [5.74, 6) is -0.304. The van der Waals surface area contributed by atoms with Crippen LogP contribution in [0.25, 0.3) is 0 Å². The van der Waals surface area contributed by atoms with Crippen molar-refractivity contribution in [1.82, 2.24) is 4.98 Å². The number of hydrogen-bond donors (Lipinski definition) is 0. The second-order valence-corrected chi connectivity index (χ2v) is 5.83. The highest BCUT2D eigenvalue weighted by atomic mass is 32.1. The van der Waals surface area contributed by atoms with Gasteiger partial charge in [-0.2, -0.15) is 0 Å². The van der Waals surface area contributed by atoms with Gasteiger partial charge in [-0.1, -0.05) is 13.3 Å². The van der Waals surface area contributed by atoms with Crippen molar-refractivity contribution in [3.8, 4) is 0 Å². The van der Waals surface area contributed by atoms with Crippen molar-refractivity contribution < 1.29 is 14.3 Å². The highest BCUT2D eigenvalue weighted by Gasteiger charge is 2.34. The van der Waals surface area contributed by atoms with E-state index in [4.69, 9.17) is 9.47 Å². The summed E-state index contributed by atoms with van der Waals surface area (Å²) in [6.07, 6.45) is 3.85. The summed E-state index contributed by atoms with van der Waals surface area (Å²) in [4.78, 5) is 17.8. The van der Waals surface area contributed by atoms with E-state index in [1.54, 1.807) is 18.4 Å². The predicted molar refractivity (Wildman–Crippen MR) is 74.5 cm³/mol. The first-order valence-electron chi connectivity index (χ1n) is 6.90. The number of methoxy groups -OCH3 is 1. The number of esters is 1. The topological polar surface area (TPSA) is 48.4 Å². The van der Waals surface area contributed by atoms with Gasteiger partial charge in [-0.05, 0) is 26.2 Å². The fourth-order valence-electron chi connectivity index (χ4n) is 2.46. The summed E-state index contributed by atoms with van der Waals surface area (Å²) >= 11 is 1.69. The zero-order chi connectivity index (χ0) is 13.8. The molecule has 5 heteroatoms. The molecule has 0 N–H and O–H groups in total. The molecular formula is C14H21NO3S. The van der Waals surface area contributed by atoms with Crippen molar-refractivity contribution >= 4 is 17.3 Å². The van der Waals surface area contributed by atoms with Gasteiger partial charge in [0.05, 0.1) is 12.3 Å². The van der Waals surface area contributed by atoms with E-state index in [0.29, 0.717) is 6.61 Å². The van der Waals surface area contributed by atoms with Gasteiger partial charge in [0, 0.05) is 12.0 Å². The Kier molecular flexibility index (Phi) is 4.93. The first kappa shape index (κ1) is 14.5. The molecule has 0 radical (unpaired) electrons. The Balaban J connectivity index is 2.17. The van der Waals surface area contributed by atoms with Gasteiger partial charge in [0.1, 0.15) is 17.0 Å². The maximum atomic E-state index is 11.9. The average Bonchev–Trinajstić information content (AvgIpc) is 2.95. The molecule has 2 rings (SSSR count). The number of hydrogen-bond acceptors (Lipinski definition) is 5. The van der Waals surface area contributed by atoms with E-state index in [9.17, 15) is 4.79 Å². The minimum Gasteiger partial charge on any atom is -0.465 e. The number of rotatable bonds is 6. The fraction of sp³-hybridized carbons (Fsp3) is 0.714. The highest BCUT2D eigenvalue weighted by Crippen LogP contribution is 2.39. The number of carbonyl (C=O) groups excluding carboxylic acids is 1. The van der Waals surface area contributed by atoms with Gasteiger partial charge in [0.25, 0.3) is 0 Å². The van der Waals surface area contributed by atoms with Crippen molar-refractivity contribution in [2.45, 2.75) is 51.6 Å². The van der Waals surface area contributed by atoms with Crippen LogP contribution in [0.4, 0.5) is 0 Å². The zero-order valence-electron chi connectivity index (χ0n) is 11.8. The second-order valence-electron chi connectivity index (χ2n) is 4.72. The predicted octanol–water partition coefficient (Wildman–Crippen LogP) is 3.22. The number of fused-ring (bicyclic) bond motifs is 1. The van der Waals surface area contributed by atoms with Gasteiger partial charge in [-0.3, -0.25) is 4.79 Å². The van der Waals surface area contributed by atoms with Crippen molar-refractivity contribution in [1.29, 1.82) is 0 Å². The Morgan fingerprint density at radius 2 is 2.32 bits per heavy atom. The zero-order valence-corrected chi connectivity index (χ0v) is 12.6. The molecule has 106 valence electrons. The maximum Gasteiger partial charge on any atom is 0.315 e. The Morgan fingerprint density at radius 1 is 1.53 bits per heavy atom. The van der Waals surface area contributed by atoms with E-state index < -0.39 is 0 Å². The summed E-state index contributed by atoms with van der Waals surface area (Å²) in [5.41, 5.74) is 0.927. The van der Waals surface area contributed by atoms with Gasteiger partial charge >= 0.3 is 5.97 Å². The fourth-order valence-corrected chi connectivity index (χ4v) is 3.71. The van der Waals surface area contributed by atoms with Crippen LogP contribution in [0, 0.1) is 0 Å². The lowest BCUT2D eigenvalue weighted by atomic mass is 10.1. The molecule has 0 fully saturated rings. The first-order valence-corrected chi connectivity index (χ1v) is 7.71. The number of carbonyl (C=O) groups is 1. The van der Waals surface area contributed by atoms with Gasteiger partial charge in [-0.15, -0.1) is 11.3 Å². The summed E-state index contributed by atoms with van der Waals surface area (Å²) in [5, 5.41) is 1.00. The van der Waals surface area contributed by atoms with E-state index >= 15 is 0 Å². The molecule has 1 aromatic heterocycles. The molecule has 2 unspecified atom stereocenters. The maximum absolute atomic E-state index is 11.9. The normalized spacial score (nSPS) is 19.2. The van der Waals surface area contributed by atoms with Gasteiger partial charge in [0.2, 0.25) is 0 Å². The molecule has 0 amide bonds. The Hall–Kier alpha value is -0.940. The van der Waals surface area contributed by atoms with Gasteiger partial charge < -0.3 is 9.47 Å². The lowest BCUT2D eigenvalue weighted by Gasteiger charge is -2.12. The summed E-state index contributed by atoms with van der Waals surface area (Å²) < 4.78 is 10.6. The molecule has 0 saturated heterocycles. The third-order valence-electron chi connectivity index (χ3n) is 3.42. The lowest BCUT2D eigenvalue weighted by molar-refractivity contribution is -0.145. The minimum atomic E-state index is -0.168. The smallest absolute Gasteiger partial charge is 0.315 e. The summed E-state index contributed by atoms with van der Waals surface area (Å²) in [6, 6.07) is 0.